The Balaban J connectivity index is 1.66. The summed E-state index contributed by atoms with van der Waals surface area (Å²) in [5.41, 5.74) is 6.63. The molecule has 0 fully saturated rings. The van der Waals surface area contributed by atoms with Crippen molar-refractivity contribution in [3.63, 3.8) is 0 Å². The SMILES string of the molecule is CN(C)c1nc(N)nc(CSCCC(=O)NC(=O)NCc2ccccc2)n1. The van der Waals surface area contributed by atoms with Crippen LogP contribution in [0.3, 0.4) is 0 Å². The molecule has 0 saturated carbocycles. The number of aromatic nitrogens is 3. The minimum absolute atomic E-state index is 0.164. The second-order valence-corrected chi connectivity index (χ2v) is 6.93. The molecule has 1 aromatic carbocycles. The summed E-state index contributed by atoms with van der Waals surface area (Å²) in [6.45, 7) is 0.365. The van der Waals surface area contributed by atoms with Gasteiger partial charge in [0.25, 0.3) is 0 Å². The first-order valence-electron chi connectivity index (χ1n) is 8.31. The maximum Gasteiger partial charge on any atom is 0.321 e. The molecule has 0 aliphatic heterocycles. The predicted octanol–water partition coefficient (Wildman–Crippen LogP) is 1.17. The van der Waals surface area contributed by atoms with Crippen LogP contribution in [-0.2, 0) is 17.1 Å². The van der Waals surface area contributed by atoms with Gasteiger partial charge in [0.15, 0.2) is 0 Å². The Hall–Kier alpha value is -2.88. The van der Waals surface area contributed by atoms with E-state index in [4.69, 9.17) is 5.73 Å². The molecule has 0 radical (unpaired) electrons. The lowest BCUT2D eigenvalue weighted by Gasteiger charge is -2.11. The number of thioether (sulfide) groups is 1. The highest BCUT2D eigenvalue weighted by molar-refractivity contribution is 7.98. The van der Waals surface area contributed by atoms with Crippen molar-refractivity contribution in [2.75, 3.05) is 30.5 Å². The molecular formula is C17H23N7O2S. The number of nitrogen functional groups attached to an aromatic ring is 1. The number of imide groups is 1. The first-order chi connectivity index (χ1) is 12.9. The molecule has 144 valence electrons. The quantitative estimate of drug-likeness (QED) is 0.574. The van der Waals surface area contributed by atoms with Crippen LogP contribution in [0.15, 0.2) is 30.3 Å². The highest BCUT2D eigenvalue weighted by Crippen LogP contribution is 2.13. The Bertz CT molecular complexity index is 771. The van der Waals surface area contributed by atoms with Crippen molar-refractivity contribution in [2.45, 2.75) is 18.7 Å². The zero-order valence-electron chi connectivity index (χ0n) is 15.3. The van der Waals surface area contributed by atoms with Crippen molar-refractivity contribution in [3.8, 4) is 0 Å². The summed E-state index contributed by atoms with van der Waals surface area (Å²) in [4.78, 5) is 37.7. The Kier molecular flexibility index (Phi) is 7.80. The van der Waals surface area contributed by atoms with E-state index in [1.807, 2.05) is 44.4 Å². The molecular weight excluding hydrogens is 366 g/mol. The van der Waals surface area contributed by atoms with Gasteiger partial charge in [-0.2, -0.15) is 26.7 Å². The first-order valence-corrected chi connectivity index (χ1v) is 9.46. The number of nitrogens with zero attached hydrogens (tertiary/aromatic N) is 4. The number of anilines is 2. The van der Waals surface area contributed by atoms with Crippen molar-refractivity contribution in [3.05, 3.63) is 41.7 Å². The van der Waals surface area contributed by atoms with Gasteiger partial charge in [-0.15, -0.1) is 0 Å². The lowest BCUT2D eigenvalue weighted by Crippen LogP contribution is -2.39. The molecule has 0 aliphatic carbocycles. The van der Waals surface area contributed by atoms with E-state index in [0.29, 0.717) is 29.8 Å². The van der Waals surface area contributed by atoms with Crippen molar-refractivity contribution < 1.29 is 9.59 Å². The van der Waals surface area contributed by atoms with Gasteiger partial charge in [0.2, 0.25) is 17.8 Å². The number of urea groups is 1. The molecule has 3 amide bonds. The fourth-order valence-electron chi connectivity index (χ4n) is 2.03. The van der Waals surface area contributed by atoms with Gasteiger partial charge in [0.1, 0.15) is 5.82 Å². The number of hydrogen-bond acceptors (Lipinski definition) is 8. The van der Waals surface area contributed by atoms with Crippen LogP contribution in [0.25, 0.3) is 0 Å². The molecule has 0 spiro atoms. The van der Waals surface area contributed by atoms with Gasteiger partial charge in [-0.3, -0.25) is 10.1 Å². The molecule has 9 nitrogen and oxygen atoms in total. The smallest absolute Gasteiger partial charge is 0.321 e. The van der Waals surface area contributed by atoms with Crippen LogP contribution in [0, 0.1) is 0 Å². The van der Waals surface area contributed by atoms with E-state index >= 15 is 0 Å². The van der Waals surface area contributed by atoms with E-state index in [2.05, 4.69) is 25.6 Å². The topological polar surface area (TPSA) is 126 Å². The number of amides is 3. The van der Waals surface area contributed by atoms with Gasteiger partial charge in [-0.25, -0.2) is 4.79 Å². The van der Waals surface area contributed by atoms with Crippen LogP contribution in [0.1, 0.15) is 17.8 Å². The summed E-state index contributed by atoms with van der Waals surface area (Å²) >= 11 is 1.48. The Labute approximate surface area is 162 Å². The number of carbonyl (C=O) groups excluding carboxylic acids is 2. The lowest BCUT2D eigenvalue weighted by atomic mass is 10.2. The third-order valence-electron chi connectivity index (χ3n) is 3.34. The Morgan fingerprint density at radius 2 is 1.89 bits per heavy atom. The first kappa shape index (κ1) is 20.4. The maximum atomic E-state index is 11.8. The number of rotatable bonds is 8. The zero-order valence-corrected chi connectivity index (χ0v) is 16.1. The fraction of sp³-hybridized carbons (Fsp3) is 0.353. The van der Waals surface area contributed by atoms with Crippen LogP contribution in [0.2, 0.25) is 0 Å². The minimum atomic E-state index is -0.505. The monoisotopic (exact) mass is 389 g/mol. The summed E-state index contributed by atoms with van der Waals surface area (Å²) in [5.74, 6) is 1.90. The highest BCUT2D eigenvalue weighted by atomic mass is 32.2. The summed E-state index contributed by atoms with van der Waals surface area (Å²) in [7, 11) is 3.64. The van der Waals surface area contributed by atoms with Crippen LogP contribution in [-0.4, -0.2) is 46.7 Å². The van der Waals surface area contributed by atoms with Gasteiger partial charge in [-0.1, -0.05) is 30.3 Å². The van der Waals surface area contributed by atoms with Crippen LogP contribution >= 0.6 is 11.8 Å². The number of nitrogens with two attached hydrogens (primary N) is 1. The fourth-order valence-corrected chi connectivity index (χ4v) is 2.82. The van der Waals surface area contributed by atoms with Gasteiger partial charge in [-0.05, 0) is 5.56 Å². The summed E-state index contributed by atoms with van der Waals surface area (Å²) in [6, 6.07) is 8.97. The number of nitrogens with one attached hydrogen (secondary N) is 2. The summed E-state index contributed by atoms with van der Waals surface area (Å²) in [6.07, 6.45) is 0.213. The number of hydrogen-bond donors (Lipinski definition) is 3. The molecule has 0 saturated heterocycles. The third kappa shape index (κ3) is 7.48. The summed E-state index contributed by atoms with van der Waals surface area (Å²) in [5, 5.41) is 4.96. The molecule has 1 heterocycles. The predicted molar refractivity (Wildman–Crippen MR) is 106 cm³/mol. The highest BCUT2D eigenvalue weighted by Gasteiger charge is 2.09. The third-order valence-corrected chi connectivity index (χ3v) is 4.30. The van der Waals surface area contributed by atoms with E-state index in [1.165, 1.54) is 11.8 Å². The Morgan fingerprint density at radius 3 is 2.59 bits per heavy atom. The zero-order chi connectivity index (χ0) is 19.6. The van der Waals surface area contributed by atoms with Crippen molar-refractivity contribution in [2.24, 2.45) is 0 Å². The maximum absolute atomic E-state index is 11.8. The molecule has 2 aromatic rings. The molecule has 10 heteroatoms. The largest absolute Gasteiger partial charge is 0.368 e. The van der Waals surface area contributed by atoms with E-state index in [9.17, 15) is 9.59 Å². The minimum Gasteiger partial charge on any atom is -0.368 e. The van der Waals surface area contributed by atoms with Gasteiger partial charge in [0.05, 0.1) is 5.75 Å². The molecule has 0 bridgehead atoms. The van der Waals surface area contributed by atoms with Crippen LogP contribution in [0.5, 0.6) is 0 Å². The molecule has 0 atom stereocenters. The van der Waals surface area contributed by atoms with Crippen LogP contribution in [0.4, 0.5) is 16.7 Å². The van der Waals surface area contributed by atoms with Gasteiger partial charge in [0, 0.05) is 32.8 Å². The van der Waals surface area contributed by atoms with Gasteiger partial charge < -0.3 is 16.0 Å². The van der Waals surface area contributed by atoms with E-state index in [1.54, 1.807) is 4.90 Å². The second-order valence-electron chi connectivity index (χ2n) is 5.82. The molecule has 4 N–H and O–H groups in total. The molecule has 27 heavy (non-hydrogen) atoms. The number of benzene rings is 1. The average molecular weight is 389 g/mol. The normalized spacial score (nSPS) is 10.3. The molecule has 0 aliphatic rings. The second kappa shape index (κ2) is 10.3. The molecule has 2 rings (SSSR count). The van der Waals surface area contributed by atoms with E-state index in [-0.39, 0.29) is 18.3 Å². The van der Waals surface area contributed by atoms with Crippen molar-refractivity contribution >= 4 is 35.6 Å². The summed E-state index contributed by atoms with van der Waals surface area (Å²) < 4.78 is 0. The average Bonchev–Trinajstić information content (AvgIpc) is 2.64. The number of carbonyl (C=O) groups is 2. The van der Waals surface area contributed by atoms with E-state index < -0.39 is 6.03 Å². The Morgan fingerprint density at radius 1 is 1.15 bits per heavy atom. The van der Waals surface area contributed by atoms with Crippen molar-refractivity contribution in [1.29, 1.82) is 0 Å². The molecule has 0 unspecified atom stereocenters. The van der Waals surface area contributed by atoms with E-state index in [0.717, 1.165) is 5.56 Å². The molecule has 1 aromatic heterocycles. The van der Waals surface area contributed by atoms with Crippen molar-refractivity contribution in [1.82, 2.24) is 25.6 Å². The van der Waals surface area contributed by atoms with Gasteiger partial charge >= 0.3 is 6.03 Å². The lowest BCUT2D eigenvalue weighted by molar-refractivity contribution is -0.119. The van der Waals surface area contributed by atoms with Crippen LogP contribution < -0.4 is 21.3 Å². The standard InChI is InChI=1S/C17H23N7O2S/c1-24(2)16-21-13(20-15(18)23-16)11-27-9-8-14(25)22-17(26)19-10-12-6-4-3-5-7-12/h3-7H,8-11H2,1-2H3,(H2,18,20,21,23)(H2,19,22,25,26).